The van der Waals surface area contributed by atoms with Gasteiger partial charge in [0.2, 0.25) is 0 Å². The van der Waals surface area contributed by atoms with Gasteiger partial charge in [0, 0.05) is 0 Å². The predicted octanol–water partition coefficient (Wildman–Crippen LogP) is -1.10. The predicted molar refractivity (Wildman–Crippen MR) is 44.2 cm³/mol. The Morgan fingerprint density at radius 3 is 2.54 bits per heavy atom. The van der Waals surface area contributed by atoms with E-state index in [4.69, 9.17) is 14.9 Å². The smallest absolute Gasteiger partial charge is 0.165 e. The van der Waals surface area contributed by atoms with Crippen molar-refractivity contribution >= 4 is 11.6 Å². The first-order valence-corrected chi connectivity index (χ1v) is 3.94. The van der Waals surface area contributed by atoms with Gasteiger partial charge in [0.15, 0.2) is 5.78 Å². The number of ketones is 2. The summed E-state index contributed by atoms with van der Waals surface area (Å²) in [6.45, 7) is 0.623. The van der Waals surface area contributed by atoms with Crippen LogP contribution in [-0.4, -0.2) is 47.7 Å². The number of carbonyl (C=O) groups excluding carboxylic acids is 2. The van der Waals surface area contributed by atoms with Gasteiger partial charge >= 0.3 is 0 Å². The molecule has 0 saturated heterocycles. The molecule has 13 heavy (non-hydrogen) atoms. The number of hydrogen-bond donors (Lipinski definition) is 2. The number of aliphatic hydroxyl groups excluding tert-OH is 2. The Morgan fingerprint density at radius 2 is 2.08 bits per heavy atom. The van der Waals surface area contributed by atoms with Crippen LogP contribution in [0.15, 0.2) is 0 Å². The summed E-state index contributed by atoms with van der Waals surface area (Å²) in [7, 11) is 0. The average Bonchev–Trinajstić information content (AvgIpc) is 2.02. The highest BCUT2D eigenvalue weighted by Crippen LogP contribution is 1.89. The van der Waals surface area contributed by atoms with Crippen LogP contribution in [0, 0.1) is 0 Å². The van der Waals surface area contributed by atoms with Crippen LogP contribution in [0.4, 0.5) is 0 Å². The van der Waals surface area contributed by atoms with Crippen LogP contribution in [0.25, 0.3) is 0 Å². The summed E-state index contributed by atoms with van der Waals surface area (Å²) < 4.78 is 4.74. The van der Waals surface area contributed by atoms with Crippen molar-refractivity contribution in [2.24, 2.45) is 0 Å². The zero-order valence-electron chi connectivity index (χ0n) is 7.52. The summed E-state index contributed by atoms with van der Waals surface area (Å²) in [6.07, 6.45) is -1.11. The Hall–Kier alpha value is -0.780. The normalized spacial score (nSPS) is 12.5. The standard InChI is InChI=1S/C8H14O5/c1-6(10)2-7(11)4-13-5-8(12)3-9/h8-9,12H,2-5H2,1H3. The van der Waals surface area contributed by atoms with E-state index in [1.54, 1.807) is 0 Å². The molecule has 1 unspecified atom stereocenters. The lowest BCUT2D eigenvalue weighted by Crippen LogP contribution is -2.22. The van der Waals surface area contributed by atoms with Gasteiger partial charge in [-0.15, -0.1) is 0 Å². The molecule has 5 heteroatoms. The van der Waals surface area contributed by atoms with Gasteiger partial charge in [-0.1, -0.05) is 0 Å². The van der Waals surface area contributed by atoms with E-state index >= 15 is 0 Å². The van der Waals surface area contributed by atoms with Gasteiger partial charge < -0.3 is 14.9 Å². The van der Waals surface area contributed by atoms with Crippen LogP contribution in [0.3, 0.4) is 0 Å². The fraction of sp³-hybridized carbons (Fsp3) is 0.750. The minimum absolute atomic E-state index is 0.0971. The van der Waals surface area contributed by atoms with E-state index in [1.807, 2.05) is 0 Å². The first-order chi connectivity index (χ1) is 6.06. The SMILES string of the molecule is CC(=O)CC(=O)COCC(O)CO. The Kier molecular flexibility index (Phi) is 6.30. The molecule has 0 rings (SSSR count). The molecule has 0 spiro atoms. The lowest BCUT2D eigenvalue weighted by molar-refractivity contribution is -0.129. The van der Waals surface area contributed by atoms with Gasteiger partial charge in [-0.3, -0.25) is 9.59 Å². The van der Waals surface area contributed by atoms with Crippen molar-refractivity contribution in [2.45, 2.75) is 19.4 Å². The Labute approximate surface area is 76.3 Å². The zero-order valence-corrected chi connectivity index (χ0v) is 7.52. The Morgan fingerprint density at radius 1 is 1.46 bits per heavy atom. The average molecular weight is 190 g/mol. The molecule has 0 aliphatic carbocycles. The summed E-state index contributed by atoms with van der Waals surface area (Å²) >= 11 is 0. The molecule has 0 saturated carbocycles. The molecule has 1 atom stereocenters. The molecule has 0 radical (unpaired) electrons. The van der Waals surface area contributed by atoms with Crippen LogP contribution in [0.5, 0.6) is 0 Å². The summed E-state index contributed by atoms with van der Waals surface area (Å²) in [5.74, 6) is -0.533. The van der Waals surface area contributed by atoms with Crippen molar-refractivity contribution in [2.75, 3.05) is 19.8 Å². The molecular formula is C8H14O5. The molecule has 5 nitrogen and oxygen atoms in total. The molecule has 0 bridgehead atoms. The lowest BCUT2D eigenvalue weighted by atomic mass is 10.2. The van der Waals surface area contributed by atoms with Gasteiger partial charge in [-0.25, -0.2) is 0 Å². The molecule has 0 aliphatic rings. The van der Waals surface area contributed by atoms with Crippen molar-refractivity contribution in [3.05, 3.63) is 0 Å². The molecule has 0 aromatic carbocycles. The maximum absolute atomic E-state index is 10.8. The van der Waals surface area contributed by atoms with Crippen LogP contribution in [-0.2, 0) is 14.3 Å². The second kappa shape index (κ2) is 6.71. The van der Waals surface area contributed by atoms with Gasteiger partial charge in [0.1, 0.15) is 18.5 Å². The summed E-state index contributed by atoms with van der Waals surface area (Å²) in [6, 6.07) is 0. The van der Waals surface area contributed by atoms with Crippen molar-refractivity contribution in [1.29, 1.82) is 0 Å². The van der Waals surface area contributed by atoms with Gasteiger partial charge in [0.25, 0.3) is 0 Å². The largest absolute Gasteiger partial charge is 0.394 e. The molecule has 0 heterocycles. The first-order valence-electron chi connectivity index (χ1n) is 3.94. The van der Waals surface area contributed by atoms with Crippen molar-refractivity contribution < 1.29 is 24.5 Å². The van der Waals surface area contributed by atoms with Crippen molar-refractivity contribution in [1.82, 2.24) is 0 Å². The minimum Gasteiger partial charge on any atom is -0.394 e. The number of rotatable bonds is 7. The van der Waals surface area contributed by atoms with E-state index in [1.165, 1.54) is 6.92 Å². The summed E-state index contributed by atoms with van der Waals surface area (Å²) in [4.78, 5) is 21.3. The van der Waals surface area contributed by atoms with E-state index < -0.39 is 12.7 Å². The molecule has 0 aromatic rings. The van der Waals surface area contributed by atoms with E-state index in [0.717, 1.165) is 0 Å². The highest BCUT2D eigenvalue weighted by atomic mass is 16.5. The Balaban J connectivity index is 3.42. The molecule has 2 N–H and O–H groups in total. The second-order valence-electron chi connectivity index (χ2n) is 2.77. The molecule has 0 fully saturated rings. The van der Waals surface area contributed by atoms with E-state index in [0.29, 0.717) is 0 Å². The van der Waals surface area contributed by atoms with Crippen molar-refractivity contribution in [3.8, 4) is 0 Å². The third-order valence-electron chi connectivity index (χ3n) is 1.23. The minimum atomic E-state index is -0.967. The monoisotopic (exact) mass is 190 g/mol. The highest BCUT2D eigenvalue weighted by molar-refractivity contribution is 5.98. The number of Topliss-reactive ketones (excluding diaryl/α,β-unsaturated/α-hetero) is 2. The van der Waals surface area contributed by atoms with Gasteiger partial charge in [-0.2, -0.15) is 0 Å². The fourth-order valence-electron chi connectivity index (χ4n) is 0.690. The van der Waals surface area contributed by atoms with Crippen molar-refractivity contribution in [3.63, 3.8) is 0 Å². The zero-order chi connectivity index (χ0) is 10.3. The second-order valence-corrected chi connectivity index (χ2v) is 2.77. The third-order valence-corrected chi connectivity index (χ3v) is 1.23. The quantitative estimate of drug-likeness (QED) is 0.498. The van der Waals surface area contributed by atoms with Crippen LogP contribution >= 0.6 is 0 Å². The molecule has 76 valence electrons. The van der Waals surface area contributed by atoms with E-state index in [2.05, 4.69) is 0 Å². The summed E-state index contributed by atoms with van der Waals surface area (Å²) in [5.41, 5.74) is 0. The summed E-state index contributed by atoms with van der Waals surface area (Å²) in [5, 5.41) is 17.2. The number of carbonyl (C=O) groups is 2. The van der Waals surface area contributed by atoms with Crippen LogP contribution < -0.4 is 0 Å². The molecular weight excluding hydrogens is 176 g/mol. The maximum atomic E-state index is 10.8. The molecule has 0 amide bonds. The number of hydrogen-bond acceptors (Lipinski definition) is 5. The third kappa shape index (κ3) is 7.58. The number of aliphatic hydroxyl groups is 2. The van der Waals surface area contributed by atoms with Gasteiger partial charge in [-0.05, 0) is 6.92 Å². The fourth-order valence-corrected chi connectivity index (χ4v) is 0.690. The highest BCUT2D eigenvalue weighted by Gasteiger charge is 2.07. The first kappa shape index (κ1) is 12.2. The topological polar surface area (TPSA) is 83.8 Å². The van der Waals surface area contributed by atoms with Gasteiger partial charge in [0.05, 0.1) is 19.6 Å². The van der Waals surface area contributed by atoms with E-state index in [9.17, 15) is 9.59 Å². The molecule has 0 aromatic heterocycles. The molecule has 0 aliphatic heterocycles. The van der Waals surface area contributed by atoms with Crippen LogP contribution in [0.2, 0.25) is 0 Å². The lowest BCUT2D eigenvalue weighted by Gasteiger charge is -2.06. The number of ether oxygens (including phenoxy) is 1. The van der Waals surface area contributed by atoms with Crippen LogP contribution in [0.1, 0.15) is 13.3 Å². The maximum Gasteiger partial charge on any atom is 0.165 e. The van der Waals surface area contributed by atoms with E-state index in [-0.39, 0.29) is 31.2 Å². The Bertz CT molecular complexity index is 177.